The Balaban J connectivity index is 2.07. The lowest BCUT2D eigenvalue weighted by atomic mass is 10.3. The summed E-state index contributed by atoms with van der Waals surface area (Å²) in [5.74, 6) is 0.992. The molecule has 1 amide bonds. The number of thioether (sulfide) groups is 1. The smallest absolute Gasteiger partial charge is 0.265 e. The first-order valence-corrected chi connectivity index (χ1v) is 7.74. The zero-order valence-corrected chi connectivity index (χ0v) is 12.1. The van der Waals surface area contributed by atoms with Gasteiger partial charge >= 0.3 is 0 Å². The number of nitrogens with zero attached hydrogens (tertiary/aromatic N) is 1. The number of nitrogens with one attached hydrogen (secondary N) is 1. The van der Waals surface area contributed by atoms with Gasteiger partial charge in [0.1, 0.15) is 6.10 Å². The fourth-order valence-electron chi connectivity index (χ4n) is 1.21. The number of carbonyl (C=O) groups excluding carboxylic acids is 1. The number of aliphatic hydroxyl groups is 1. The molecule has 1 aromatic heterocycles. The Morgan fingerprint density at radius 2 is 2.37 bits per heavy atom. The monoisotopic (exact) mass is 310 g/mol. The van der Waals surface area contributed by atoms with Crippen LogP contribution in [-0.4, -0.2) is 40.8 Å². The van der Waals surface area contributed by atoms with Gasteiger partial charge in [-0.05, 0) is 6.92 Å². The van der Waals surface area contributed by atoms with Crippen molar-refractivity contribution in [3.63, 3.8) is 0 Å². The van der Waals surface area contributed by atoms with Crippen LogP contribution in [-0.2, 0) is 10.5 Å². The Morgan fingerprint density at radius 3 is 2.95 bits per heavy atom. The molecular formula is C11H16F2N2O2S2. The van der Waals surface area contributed by atoms with Crippen molar-refractivity contribution in [2.24, 2.45) is 0 Å². The van der Waals surface area contributed by atoms with Crippen molar-refractivity contribution in [3.8, 4) is 0 Å². The Morgan fingerprint density at radius 1 is 1.63 bits per heavy atom. The third-order valence-electron chi connectivity index (χ3n) is 2.19. The van der Waals surface area contributed by atoms with E-state index in [1.54, 1.807) is 23.1 Å². The fraction of sp³-hybridized carbons (Fsp3) is 0.636. The molecule has 0 saturated carbocycles. The van der Waals surface area contributed by atoms with Crippen LogP contribution in [0.1, 0.15) is 17.1 Å². The molecule has 0 aliphatic rings. The van der Waals surface area contributed by atoms with Gasteiger partial charge in [0.2, 0.25) is 5.91 Å². The van der Waals surface area contributed by atoms with Crippen LogP contribution in [0.15, 0.2) is 5.38 Å². The van der Waals surface area contributed by atoms with Crippen LogP contribution in [0.5, 0.6) is 0 Å². The van der Waals surface area contributed by atoms with Gasteiger partial charge in [-0.1, -0.05) is 0 Å². The van der Waals surface area contributed by atoms with Crippen molar-refractivity contribution in [1.29, 1.82) is 0 Å². The summed E-state index contributed by atoms with van der Waals surface area (Å²) in [6.07, 6.45) is -4.39. The molecule has 4 nitrogen and oxygen atoms in total. The zero-order chi connectivity index (χ0) is 14.3. The summed E-state index contributed by atoms with van der Waals surface area (Å²) in [6, 6.07) is 0. The van der Waals surface area contributed by atoms with Crippen molar-refractivity contribution < 1.29 is 18.7 Å². The number of carbonyl (C=O) groups is 1. The van der Waals surface area contributed by atoms with E-state index in [0.717, 1.165) is 16.5 Å². The second-order valence-electron chi connectivity index (χ2n) is 3.87. The highest BCUT2D eigenvalue weighted by Gasteiger charge is 2.17. The third-order valence-corrected chi connectivity index (χ3v) is 4.00. The van der Waals surface area contributed by atoms with Crippen molar-refractivity contribution in [2.45, 2.75) is 31.6 Å². The maximum absolute atomic E-state index is 12.0. The van der Waals surface area contributed by atoms with Crippen LogP contribution in [0.2, 0.25) is 0 Å². The Kier molecular flexibility index (Phi) is 7.25. The van der Waals surface area contributed by atoms with Gasteiger partial charge in [0, 0.05) is 29.9 Å². The van der Waals surface area contributed by atoms with Gasteiger partial charge in [-0.25, -0.2) is 13.8 Å². The minimum atomic E-state index is -2.83. The number of thiazole rings is 1. The van der Waals surface area contributed by atoms with Crippen LogP contribution in [0.3, 0.4) is 0 Å². The molecular weight excluding hydrogens is 294 g/mol. The average molecular weight is 310 g/mol. The number of aliphatic hydroxyl groups excluding tert-OH is 1. The molecule has 0 spiro atoms. The SMILES string of the molecule is Cc1nc(CSCCC(=O)NCC(O)C(F)F)cs1. The van der Waals surface area contributed by atoms with Gasteiger partial charge in [0.25, 0.3) is 6.43 Å². The normalized spacial score (nSPS) is 12.7. The van der Waals surface area contributed by atoms with Gasteiger partial charge in [0.05, 0.1) is 10.7 Å². The van der Waals surface area contributed by atoms with Crippen LogP contribution in [0.4, 0.5) is 8.78 Å². The van der Waals surface area contributed by atoms with E-state index in [2.05, 4.69) is 10.3 Å². The highest BCUT2D eigenvalue weighted by Crippen LogP contribution is 2.15. The first-order valence-electron chi connectivity index (χ1n) is 5.70. The number of amides is 1. The molecule has 2 N–H and O–H groups in total. The van der Waals surface area contributed by atoms with E-state index in [9.17, 15) is 13.6 Å². The van der Waals surface area contributed by atoms with Crippen LogP contribution < -0.4 is 5.32 Å². The summed E-state index contributed by atoms with van der Waals surface area (Å²) in [7, 11) is 0. The molecule has 1 rings (SSSR count). The number of hydrogen-bond donors (Lipinski definition) is 2. The molecule has 0 bridgehead atoms. The van der Waals surface area contributed by atoms with Crippen LogP contribution in [0, 0.1) is 6.92 Å². The summed E-state index contributed by atoms with van der Waals surface area (Å²) in [5.41, 5.74) is 0.987. The van der Waals surface area contributed by atoms with E-state index in [1.807, 2.05) is 12.3 Å². The number of halogens is 2. The molecule has 1 unspecified atom stereocenters. The lowest BCUT2D eigenvalue weighted by Crippen LogP contribution is -2.35. The lowest BCUT2D eigenvalue weighted by molar-refractivity contribution is -0.121. The second-order valence-corrected chi connectivity index (χ2v) is 6.03. The topological polar surface area (TPSA) is 62.2 Å². The quantitative estimate of drug-likeness (QED) is 0.719. The molecule has 8 heteroatoms. The highest BCUT2D eigenvalue weighted by molar-refractivity contribution is 7.98. The van der Waals surface area contributed by atoms with Crippen molar-refractivity contribution in [1.82, 2.24) is 10.3 Å². The van der Waals surface area contributed by atoms with E-state index in [1.165, 1.54) is 0 Å². The van der Waals surface area contributed by atoms with Crippen molar-refractivity contribution in [2.75, 3.05) is 12.3 Å². The van der Waals surface area contributed by atoms with Crippen molar-refractivity contribution >= 4 is 29.0 Å². The number of aryl methyl sites for hydroxylation is 1. The van der Waals surface area contributed by atoms with E-state index in [4.69, 9.17) is 5.11 Å². The number of hydrogen-bond acceptors (Lipinski definition) is 5. The molecule has 1 heterocycles. The minimum Gasteiger partial charge on any atom is -0.385 e. The molecule has 0 aliphatic carbocycles. The van der Waals surface area contributed by atoms with Crippen LogP contribution >= 0.6 is 23.1 Å². The van der Waals surface area contributed by atoms with Gasteiger partial charge in [-0.3, -0.25) is 4.79 Å². The zero-order valence-electron chi connectivity index (χ0n) is 10.4. The third kappa shape index (κ3) is 6.84. The molecule has 19 heavy (non-hydrogen) atoms. The molecule has 1 atom stereocenters. The summed E-state index contributed by atoms with van der Waals surface area (Å²) in [6.45, 7) is 1.52. The first kappa shape index (κ1) is 16.3. The van der Waals surface area contributed by atoms with Gasteiger partial charge < -0.3 is 10.4 Å². The summed E-state index contributed by atoms with van der Waals surface area (Å²) < 4.78 is 23.9. The Hall–Kier alpha value is -0.730. The first-order chi connectivity index (χ1) is 8.99. The lowest BCUT2D eigenvalue weighted by Gasteiger charge is -2.10. The predicted molar refractivity (Wildman–Crippen MR) is 72.7 cm³/mol. The van der Waals surface area contributed by atoms with Crippen molar-refractivity contribution in [3.05, 3.63) is 16.1 Å². The predicted octanol–water partition coefficient (Wildman–Crippen LogP) is 1.82. The molecule has 0 radical (unpaired) electrons. The van der Waals surface area contributed by atoms with E-state index >= 15 is 0 Å². The molecule has 0 aliphatic heterocycles. The summed E-state index contributed by atoms with van der Waals surface area (Å²) in [4.78, 5) is 15.6. The average Bonchev–Trinajstić information content (AvgIpc) is 2.77. The highest BCUT2D eigenvalue weighted by atomic mass is 32.2. The van der Waals surface area contributed by atoms with Crippen LogP contribution in [0.25, 0.3) is 0 Å². The van der Waals surface area contributed by atoms with E-state index in [0.29, 0.717) is 5.75 Å². The van der Waals surface area contributed by atoms with Gasteiger partial charge in [-0.15, -0.1) is 11.3 Å². The minimum absolute atomic E-state index is 0.240. The van der Waals surface area contributed by atoms with Gasteiger partial charge in [0.15, 0.2) is 0 Å². The Labute approximate surface area is 118 Å². The van der Waals surface area contributed by atoms with E-state index < -0.39 is 19.1 Å². The molecule has 0 fully saturated rings. The molecule has 108 valence electrons. The number of rotatable bonds is 8. The summed E-state index contributed by atoms with van der Waals surface area (Å²) in [5, 5.41) is 14.1. The largest absolute Gasteiger partial charge is 0.385 e. The second kappa shape index (κ2) is 8.44. The number of alkyl halides is 2. The molecule has 0 aromatic carbocycles. The summed E-state index contributed by atoms with van der Waals surface area (Å²) >= 11 is 3.14. The van der Waals surface area contributed by atoms with Gasteiger partial charge in [-0.2, -0.15) is 11.8 Å². The standard InChI is InChI=1S/C11H16F2N2O2S2/c1-7-15-8(6-19-7)5-18-3-2-10(17)14-4-9(16)11(12)13/h6,9,11,16H,2-5H2,1H3,(H,14,17). The fourth-order valence-corrected chi connectivity index (χ4v) is 2.76. The number of aromatic nitrogens is 1. The molecule has 1 aromatic rings. The Bertz CT molecular complexity index is 402. The maximum Gasteiger partial charge on any atom is 0.265 e. The van der Waals surface area contributed by atoms with E-state index in [-0.39, 0.29) is 12.3 Å². The molecule has 0 saturated heterocycles. The maximum atomic E-state index is 12.0.